The van der Waals surface area contributed by atoms with Crippen molar-refractivity contribution in [3.05, 3.63) is 101 Å². The van der Waals surface area contributed by atoms with E-state index >= 15 is 0 Å². The Hall–Kier alpha value is -5.11. The molecule has 58 heavy (non-hydrogen) atoms. The highest BCUT2D eigenvalue weighted by atomic mass is 16.7. The molecule has 0 saturated heterocycles. The third-order valence-corrected chi connectivity index (χ3v) is 11.8. The zero-order valence-electron chi connectivity index (χ0n) is 33.6. The number of ether oxygens (including phenoxy) is 6. The summed E-state index contributed by atoms with van der Waals surface area (Å²) in [6, 6.07) is 16.6. The van der Waals surface area contributed by atoms with E-state index in [-0.39, 0.29) is 63.9 Å². The quantitative estimate of drug-likeness (QED) is 0.0763. The van der Waals surface area contributed by atoms with Crippen molar-refractivity contribution >= 4 is 11.8 Å². The standard InChI is InChI=1S/C45H55N3O10/c1-5-21-57-45-41(48(44(51)52-3)26-30-15-17-39-40(22-30)56-28-55-39)25-37(47-53-4)35-23-31(12-6-8-19-49)34(14-7-9-20-50)42(43(35)45)36-24-33(16-18-38(36)58-45)54-27-32-13-10-11-29(2)46-32/h5,10-11,13,15-18,22-24,31,34,41-43,49-50H,1,6-9,12,14,19-21,25-28H2,2-4H3. The lowest BCUT2D eigenvalue weighted by Crippen LogP contribution is -2.70. The normalized spacial score (nSPS) is 24.5. The Labute approximate surface area is 340 Å². The van der Waals surface area contributed by atoms with Crippen molar-refractivity contribution in [2.24, 2.45) is 22.9 Å². The topological polar surface area (TPSA) is 151 Å². The summed E-state index contributed by atoms with van der Waals surface area (Å²) in [5.41, 5.74) is 5.11. The van der Waals surface area contributed by atoms with Gasteiger partial charge < -0.3 is 43.5 Å². The number of nitrogens with zero attached hydrogens (tertiary/aromatic N) is 3. The summed E-state index contributed by atoms with van der Waals surface area (Å²) in [6.45, 7) is 6.86. The minimum absolute atomic E-state index is 0.0602. The number of carbonyl (C=O) groups is 1. The number of fused-ring (bicyclic) bond motifs is 3. The number of aryl methyl sites for hydroxylation is 1. The van der Waals surface area contributed by atoms with Crippen molar-refractivity contribution in [3.8, 4) is 23.0 Å². The maximum atomic E-state index is 14.2. The molecular weight excluding hydrogens is 743 g/mol. The fourth-order valence-electron chi connectivity index (χ4n) is 9.34. The molecule has 0 spiro atoms. The largest absolute Gasteiger partial charge is 0.487 e. The maximum absolute atomic E-state index is 14.2. The van der Waals surface area contributed by atoms with Crippen LogP contribution in [0.1, 0.15) is 73.4 Å². The van der Waals surface area contributed by atoms with E-state index in [0.29, 0.717) is 41.6 Å². The highest BCUT2D eigenvalue weighted by Gasteiger charge is 2.65. The highest BCUT2D eigenvalue weighted by molar-refractivity contribution is 6.03. The van der Waals surface area contributed by atoms with Gasteiger partial charge in [0.15, 0.2) is 11.5 Å². The Kier molecular flexibility index (Phi) is 13.2. The van der Waals surface area contributed by atoms with Crippen LogP contribution in [0.4, 0.5) is 4.79 Å². The zero-order chi connectivity index (χ0) is 40.6. The van der Waals surface area contributed by atoms with E-state index in [2.05, 4.69) is 28.9 Å². The number of oxime groups is 1. The lowest BCUT2D eigenvalue weighted by Gasteiger charge is -2.59. The second kappa shape index (κ2) is 18.6. The lowest BCUT2D eigenvalue weighted by atomic mass is 9.55. The van der Waals surface area contributed by atoms with Crippen LogP contribution in [-0.4, -0.2) is 84.6 Å². The van der Waals surface area contributed by atoms with Crippen molar-refractivity contribution in [3.63, 3.8) is 0 Å². The molecule has 2 N–H and O–H groups in total. The van der Waals surface area contributed by atoms with E-state index in [4.69, 9.17) is 33.3 Å². The van der Waals surface area contributed by atoms with Crippen LogP contribution in [0.15, 0.2) is 84.1 Å². The third-order valence-electron chi connectivity index (χ3n) is 11.8. The van der Waals surface area contributed by atoms with Gasteiger partial charge in [-0.1, -0.05) is 42.3 Å². The smallest absolute Gasteiger partial charge is 0.410 e. The molecule has 3 heterocycles. The number of carbonyl (C=O) groups excluding carboxylic acids is 1. The average Bonchev–Trinajstić information content (AvgIpc) is 3.71. The van der Waals surface area contributed by atoms with Crippen molar-refractivity contribution in [1.82, 2.24) is 9.88 Å². The van der Waals surface area contributed by atoms with Gasteiger partial charge >= 0.3 is 6.09 Å². The van der Waals surface area contributed by atoms with Crippen molar-refractivity contribution in [2.45, 2.75) is 82.8 Å². The number of aromatic nitrogens is 1. The molecule has 13 nitrogen and oxygen atoms in total. The van der Waals surface area contributed by atoms with Crippen LogP contribution >= 0.6 is 0 Å². The number of aliphatic hydroxyl groups is 2. The summed E-state index contributed by atoms with van der Waals surface area (Å²) in [6.07, 6.45) is 8.29. The lowest BCUT2D eigenvalue weighted by molar-refractivity contribution is -0.256. The number of methoxy groups -OCH3 is 1. The molecule has 1 fully saturated rings. The first-order valence-electron chi connectivity index (χ1n) is 20.2. The van der Waals surface area contributed by atoms with E-state index in [0.717, 1.165) is 53.8 Å². The Morgan fingerprint density at radius 3 is 2.57 bits per heavy atom. The summed E-state index contributed by atoms with van der Waals surface area (Å²) in [7, 11) is 2.90. The fraction of sp³-hybridized carbons (Fsp3) is 0.489. The monoisotopic (exact) mass is 797 g/mol. The van der Waals surface area contributed by atoms with Crippen LogP contribution in [0, 0.1) is 24.7 Å². The molecule has 3 aromatic rings. The van der Waals surface area contributed by atoms with Crippen LogP contribution in [0.5, 0.6) is 23.0 Å². The average molecular weight is 798 g/mol. The van der Waals surface area contributed by atoms with Gasteiger partial charge in [-0.2, -0.15) is 0 Å². The SMILES string of the molecule is C=CCOC12Oc3ccc(OCc4cccc(C)n4)cc3C3C(CCCCO)C(CCCCO)C=C(C(=NOC)CC1N(Cc1ccc4c(c1)OCO4)C(=O)OC)C32. The number of hydrogen-bond donors (Lipinski definition) is 2. The number of benzene rings is 2. The maximum Gasteiger partial charge on any atom is 0.410 e. The van der Waals surface area contributed by atoms with E-state index in [1.807, 2.05) is 55.5 Å². The molecule has 6 unspecified atom stereocenters. The molecular formula is C45H55N3O10. The number of unbranched alkanes of at least 4 members (excludes halogenated alkanes) is 2. The summed E-state index contributed by atoms with van der Waals surface area (Å²) < 4.78 is 37.5. The Bertz CT molecular complexity index is 1990. The van der Waals surface area contributed by atoms with Gasteiger partial charge in [-0.05, 0) is 98.0 Å². The van der Waals surface area contributed by atoms with Crippen molar-refractivity contribution in [2.75, 3.05) is 40.8 Å². The Morgan fingerprint density at radius 2 is 1.81 bits per heavy atom. The van der Waals surface area contributed by atoms with E-state index in [1.54, 1.807) is 11.0 Å². The van der Waals surface area contributed by atoms with Gasteiger partial charge in [-0.25, -0.2) is 4.79 Å². The zero-order valence-corrected chi connectivity index (χ0v) is 33.6. The molecule has 2 aromatic carbocycles. The van der Waals surface area contributed by atoms with Gasteiger partial charge in [0.05, 0.1) is 31.0 Å². The predicted molar refractivity (Wildman–Crippen MR) is 216 cm³/mol. The molecule has 4 aliphatic rings. The first-order valence-corrected chi connectivity index (χ1v) is 20.2. The molecule has 0 bridgehead atoms. The van der Waals surface area contributed by atoms with Gasteiger partial charge in [0.2, 0.25) is 12.6 Å². The Balaban J connectivity index is 1.40. The van der Waals surface area contributed by atoms with E-state index in [1.165, 1.54) is 14.2 Å². The van der Waals surface area contributed by atoms with Crippen LogP contribution in [0.2, 0.25) is 0 Å². The van der Waals surface area contributed by atoms with Gasteiger partial charge in [-0.15, -0.1) is 6.58 Å². The number of amides is 1. The number of rotatable bonds is 18. The van der Waals surface area contributed by atoms with Gasteiger partial charge in [0, 0.05) is 43.4 Å². The summed E-state index contributed by atoms with van der Waals surface area (Å²) in [5, 5.41) is 24.4. The summed E-state index contributed by atoms with van der Waals surface area (Å²) >= 11 is 0. The molecule has 1 amide bonds. The van der Waals surface area contributed by atoms with Crippen LogP contribution < -0.4 is 18.9 Å². The molecule has 2 aliphatic heterocycles. The number of allylic oxidation sites excluding steroid dienone is 1. The molecule has 7 rings (SSSR count). The molecule has 1 saturated carbocycles. The van der Waals surface area contributed by atoms with Crippen molar-refractivity contribution < 1.29 is 48.3 Å². The number of aliphatic hydroxyl groups excluding tert-OH is 2. The molecule has 6 atom stereocenters. The molecule has 13 heteroatoms. The van der Waals surface area contributed by atoms with Gasteiger partial charge in [-0.3, -0.25) is 9.88 Å². The number of hydrogen-bond acceptors (Lipinski definition) is 12. The summed E-state index contributed by atoms with van der Waals surface area (Å²) in [5.74, 6) is 0.564. The van der Waals surface area contributed by atoms with Crippen LogP contribution in [-0.2, 0) is 27.5 Å². The van der Waals surface area contributed by atoms with Crippen LogP contribution in [0.25, 0.3) is 0 Å². The van der Waals surface area contributed by atoms with E-state index < -0.39 is 23.8 Å². The fourth-order valence-corrected chi connectivity index (χ4v) is 9.34. The minimum atomic E-state index is -1.44. The molecule has 2 aliphatic carbocycles. The third kappa shape index (κ3) is 8.39. The molecule has 310 valence electrons. The van der Waals surface area contributed by atoms with E-state index in [9.17, 15) is 15.0 Å². The Morgan fingerprint density at radius 1 is 1.02 bits per heavy atom. The molecule has 1 aromatic heterocycles. The summed E-state index contributed by atoms with van der Waals surface area (Å²) in [4.78, 5) is 26.0. The second-order valence-corrected chi connectivity index (χ2v) is 15.3. The highest BCUT2D eigenvalue weighted by Crippen LogP contribution is 2.62. The number of pyridine rings is 1. The second-order valence-electron chi connectivity index (χ2n) is 15.3. The minimum Gasteiger partial charge on any atom is -0.487 e. The molecule has 0 radical (unpaired) electrons. The van der Waals surface area contributed by atoms with Gasteiger partial charge in [0.25, 0.3) is 0 Å². The predicted octanol–water partition coefficient (Wildman–Crippen LogP) is 7.23. The van der Waals surface area contributed by atoms with Crippen molar-refractivity contribution in [1.29, 1.82) is 0 Å². The first kappa shape index (κ1) is 41.1. The first-order chi connectivity index (χ1) is 28.3. The van der Waals surface area contributed by atoms with Gasteiger partial charge in [0.1, 0.15) is 31.3 Å². The van der Waals surface area contributed by atoms with Crippen LogP contribution in [0.3, 0.4) is 0 Å².